The summed E-state index contributed by atoms with van der Waals surface area (Å²) in [5.41, 5.74) is 3.67. The molecule has 0 spiro atoms. The summed E-state index contributed by atoms with van der Waals surface area (Å²) >= 11 is 1.92. The summed E-state index contributed by atoms with van der Waals surface area (Å²) in [5.74, 6) is 0.522. The number of carbonyl (C=O) groups excluding carboxylic acids is 4. The van der Waals surface area contributed by atoms with Crippen molar-refractivity contribution < 1.29 is 19.2 Å². The Morgan fingerprint density at radius 2 is 1.55 bits per heavy atom. The summed E-state index contributed by atoms with van der Waals surface area (Å²) in [5, 5.41) is 36.1. The number of imide groups is 1. The number of benzene rings is 2. The van der Waals surface area contributed by atoms with E-state index in [1.54, 1.807) is 16.8 Å². The molecule has 3 saturated heterocycles. The first kappa shape index (κ1) is 43.7. The van der Waals surface area contributed by atoms with E-state index in [1.807, 2.05) is 54.0 Å². The van der Waals surface area contributed by atoms with Crippen molar-refractivity contribution >= 4 is 46.3 Å². The molecule has 332 valence electrons. The largest absolute Gasteiger partial charge is 0.356 e. The maximum absolute atomic E-state index is 13.1. The van der Waals surface area contributed by atoms with Crippen LogP contribution >= 0.6 is 11.8 Å². The molecule has 4 aromatic rings. The zero-order valence-corrected chi connectivity index (χ0v) is 36.5. The van der Waals surface area contributed by atoms with Crippen LogP contribution in [0, 0.1) is 0 Å². The lowest BCUT2D eigenvalue weighted by Crippen LogP contribution is -2.40. The van der Waals surface area contributed by atoms with Gasteiger partial charge in [-0.15, -0.1) is 10.2 Å². The second-order valence-corrected chi connectivity index (χ2v) is 17.9. The van der Waals surface area contributed by atoms with Gasteiger partial charge in [-0.25, -0.2) is 9.48 Å². The zero-order chi connectivity index (χ0) is 42.8. The predicted octanol–water partition coefficient (Wildman–Crippen LogP) is 2.14. The van der Waals surface area contributed by atoms with E-state index in [9.17, 15) is 19.2 Å². The summed E-state index contributed by atoms with van der Waals surface area (Å²) in [4.78, 5) is 56.4. The van der Waals surface area contributed by atoms with Crippen molar-refractivity contribution in [1.82, 2.24) is 71.3 Å². The van der Waals surface area contributed by atoms with E-state index in [1.165, 1.54) is 4.90 Å². The van der Waals surface area contributed by atoms with Gasteiger partial charge in [-0.05, 0) is 83.4 Å². The fourth-order valence-corrected chi connectivity index (χ4v) is 10.6. The summed E-state index contributed by atoms with van der Waals surface area (Å²) in [6.45, 7) is 12.1. The SMILES string of the molecule is CCN1C(=O)c2cccc3c(-n4cc(CN5CCCNCCN(Cc6cn(CCCNC(=O)CCCC[C@@H]7SC[C@@H]8NC(=O)N[C@@H]87)nn6)CCCNCC5)nn4)ccc(c23)C1=O. The molecule has 2 aromatic heterocycles. The first-order chi connectivity index (χ1) is 30.3. The zero-order valence-electron chi connectivity index (χ0n) is 35.7. The van der Waals surface area contributed by atoms with Crippen LogP contribution in [0.4, 0.5) is 4.79 Å². The lowest BCUT2D eigenvalue weighted by molar-refractivity contribution is -0.121. The number of hydrogen-bond acceptors (Lipinski definition) is 13. The number of hydrogen-bond donors (Lipinski definition) is 5. The standard InChI is InChI=1S/C43H60N14O4S/c1-2-56-41(59)33-10-5-9-32-36(14-13-34(39(32)33)42(56)60)57-28-31(50-52-57)26-54-21-7-16-44-18-23-53(20-6-15-45-19-24-54)25-30-27-55(51-49-30)22-8-17-46-38(58)12-4-3-11-37-40-35(29-62-37)47-43(61)48-40/h5,9-10,13-14,27-28,35,37,40,44-45H,2-4,6-8,11-12,15-26,29H2,1H3,(H,46,58)(H2,47,48,61)/t35-,37-,40-/m0/s1. The van der Waals surface area contributed by atoms with Gasteiger partial charge in [0.25, 0.3) is 11.8 Å². The number of nitrogens with one attached hydrogen (secondary N) is 5. The van der Waals surface area contributed by atoms with Crippen molar-refractivity contribution in [2.75, 3.05) is 71.2 Å². The number of aryl methyl sites for hydroxylation is 1. The van der Waals surface area contributed by atoms with Crippen LogP contribution < -0.4 is 26.6 Å². The van der Waals surface area contributed by atoms with Crippen LogP contribution in [0.1, 0.15) is 84.0 Å². The quantitative estimate of drug-likeness (QED) is 0.0663. The first-order valence-corrected chi connectivity index (χ1v) is 23.4. The average molecular weight is 869 g/mol. The van der Waals surface area contributed by atoms with Crippen LogP contribution in [0.2, 0.25) is 0 Å². The molecule has 18 nitrogen and oxygen atoms in total. The van der Waals surface area contributed by atoms with E-state index < -0.39 is 0 Å². The smallest absolute Gasteiger partial charge is 0.315 e. The number of nitrogens with zero attached hydrogens (tertiary/aromatic N) is 9. The molecule has 5 amide bonds. The van der Waals surface area contributed by atoms with E-state index in [2.05, 4.69) is 57.0 Å². The Hall–Kier alpha value is -4.95. The van der Waals surface area contributed by atoms with Crippen molar-refractivity contribution in [2.45, 2.75) is 88.8 Å². The van der Waals surface area contributed by atoms with Gasteiger partial charge < -0.3 is 26.6 Å². The van der Waals surface area contributed by atoms with Gasteiger partial charge in [-0.1, -0.05) is 29.0 Å². The van der Waals surface area contributed by atoms with Gasteiger partial charge >= 0.3 is 6.03 Å². The minimum atomic E-state index is -0.265. The van der Waals surface area contributed by atoms with Crippen molar-refractivity contribution in [3.05, 3.63) is 65.2 Å². The monoisotopic (exact) mass is 868 g/mol. The van der Waals surface area contributed by atoms with Crippen LogP contribution in [0.25, 0.3) is 16.5 Å². The van der Waals surface area contributed by atoms with Crippen LogP contribution in [-0.4, -0.2) is 157 Å². The highest BCUT2D eigenvalue weighted by Gasteiger charge is 2.42. The highest BCUT2D eigenvalue weighted by Crippen LogP contribution is 2.34. The third kappa shape index (κ3) is 10.6. The van der Waals surface area contributed by atoms with Crippen LogP contribution in [0.15, 0.2) is 42.7 Å². The van der Waals surface area contributed by atoms with Crippen LogP contribution in [-0.2, 0) is 24.4 Å². The molecule has 3 atom stereocenters. The Morgan fingerprint density at radius 1 is 0.823 bits per heavy atom. The molecule has 62 heavy (non-hydrogen) atoms. The van der Waals surface area contributed by atoms with Gasteiger partial charge in [0.1, 0.15) is 0 Å². The molecule has 5 N–H and O–H groups in total. The summed E-state index contributed by atoms with van der Waals surface area (Å²) in [6.07, 6.45) is 10.2. The van der Waals surface area contributed by atoms with Crippen LogP contribution in [0.5, 0.6) is 0 Å². The highest BCUT2D eigenvalue weighted by atomic mass is 32.2. The Balaban J connectivity index is 0.736. The van der Waals surface area contributed by atoms with Crippen molar-refractivity contribution in [1.29, 1.82) is 0 Å². The second kappa shape index (κ2) is 20.9. The fourth-order valence-electron chi connectivity index (χ4n) is 9.04. The molecule has 0 radical (unpaired) electrons. The number of thioether (sulfide) groups is 1. The number of carbonyl (C=O) groups is 4. The van der Waals surface area contributed by atoms with E-state index in [4.69, 9.17) is 0 Å². The molecule has 0 bridgehead atoms. The summed E-state index contributed by atoms with van der Waals surface area (Å²) in [7, 11) is 0. The lowest BCUT2D eigenvalue weighted by atomic mass is 9.93. The molecular formula is C43H60N14O4S. The minimum Gasteiger partial charge on any atom is -0.356 e. The molecular weight excluding hydrogens is 809 g/mol. The van der Waals surface area contributed by atoms with Crippen LogP contribution in [0.3, 0.4) is 0 Å². The molecule has 0 unspecified atom stereocenters. The Kier molecular flexibility index (Phi) is 14.8. The molecule has 8 rings (SSSR count). The third-order valence-electron chi connectivity index (χ3n) is 12.3. The van der Waals surface area contributed by atoms with E-state index in [0.717, 1.165) is 126 Å². The van der Waals surface area contributed by atoms with E-state index in [0.29, 0.717) is 54.4 Å². The first-order valence-electron chi connectivity index (χ1n) is 22.4. The Labute approximate surface area is 366 Å². The topological polar surface area (TPSA) is 200 Å². The number of amides is 5. The van der Waals surface area contributed by atoms with E-state index in [-0.39, 0.29) is 35.8 Å². The molecule has 2 aromatic carbocycles. The Bertz CT molecular complexity index is 2160. The summed E-state index contributed by atoms with van der Waals surface area (Å²) < 4.78 is 3.63. The van der Waals surface area contributed by atoms with Crippen molar-refractivity contribution in [2.24, 2.45) is 0 Å². The van der Waals surface area contributed by atoms with Gasteiger partial charge in [0.05, 0.1) is 35.4 Å². The number of unbranched alkanes of at least 4 members (excludes halogenated alkanes) is 1. The van der Waals surface area contributed by atoms with Crippen molar-refractivity contribution in [3.63, 3.8) is 0 Å². The van der Waals surface area contributed by atoms with Gasteiger partial charge in [-0.2, -0.15) is 11.8 Å². The third-order valence-corrected chi connectivity index (χ3v) is 13.8. The number of urea groups is 1. The highest BCUT2D eigenvalue weighted by molar-refractivity contribution is 8.00. The Morgan fingerprint density at radius 3 is 2.31 bits per heavy atom. The minimum absolute atomic E-state index is 0.0553. The molecule has 4 aliphatic rings. The number of aromatic nitrogens is 6. The van der Waals surface area contributed by atoms with Crippen molar-refractivity contribution in [3.8, 4) is 5.69 Å². The number of fused-ring (bicyclic) bond motifs is 1. The molecule has 0 saturated carbocycles. The predicted molar refractivity (Wildman–Crippen MR) is 237 cm³/mol. The van der Waals surface area contributed by atoms with Gasteiger partial charge in [-0.3, -0.25) is 33.8 Å². The molecule has 0 aliphatic carbocycles. The molecule has 4 aliphatic heterocycles. The summed E-state index contributed by atoms with van der Waals surface area (Å²) in [6, 6.07) is 9.67. The van der Waals surface area contributed by atoms with E-state index >= 15 is 0 Å². The maximum atomic E-state index is 13.1. The molecule has 19 heteroatoms. The fraction of sp³-hybridized carbons (Fsp3) is 0.581. The normalized spacial score (nSPS) is 21.8. The molecule has 3 fully saturated rings. The lowest BCUT2D eigenvalue weighted by Gasteiger charge is -2.26. The van der Waals surface area contributed by atoms with Gasteiger partial charge in [0.2, 0.25) is 5.91 Å². The number of rotatable bonds is 15. The average Bonchev–Trinajstić information content (AvgIpc) is 4.08. The molecule has 6 heterocycles. The maximum Gasteiger partial charge on any atom is 0.315 e. The van der Waals surface area contributed by atoms with Gasteiger partial charge in [0.15, 0.2) is 0 Å². The second-order valence-electron chi connectivity index (χ2n) is 16.7. The van der Waals surface area contributed by atoms with Gasteiger partial charge in [0, 0.05) is 104 Å².